The van der Waals surface area contributed by atoms with Crippen LogP contribution in [0.15, 0.2) is 23.0 Å². The number of thiazole rings is 1. The highest BCUT2D eigenvalue weighted by Gasteiger charge is 2.17. The van der Waals surface area contributed by atoms with Crippen molar-refractivity contribution >= 4 is 22.9 Å². The molecule has 0 fully saturated rings. The van der Waals surface area contributed by atoms with E-state index >= 15 is 0 Å². The fourth-order valence-corrected chi connectivity index (χ4v) is 2.35. The van der Waals surface area contributed by atoms with Crippen LogP contribution in [0.25, 0.3) is 5.69 Å². The first-order valence-electron chi connectivity index (χ1n) is 4.31. The van der Waals surface area contributed by atoms with Crippen LogP contribution in [-0.4, -0.2) is 4.57 Å². The van der Waals surface area contributed by atoms with Crippen LogP contribution < -0.4 is 4.87 Å². The zero-order valence-electron chi connectivity index (χ0n) is 8.08. The summed E-state index contributed by atoms with van der Waals surface area (Å²) in [6, 6.07) is 4.46. The topological polar surface area (TPSA) is 45.8 Å². The van der Waals surface area contributed by atoms with Gasteiger partial charge in [-0.05, 0) is 12.1 Å². The number of nitrogens with zero attached hydrogens (tertiary/aromatic N) is 2. The molecule has 0 saturated heterocycles. The molecule has 0 saturated carbocycles. The Bertz CT molecular complexity index is 687. The van der Waals surface area contributed by atoms with E-state index in [0.29, 0.717) is 17.4 Å². The van der Waals surface area contributed by atoms with Gasteiger partial charge in [0.1, 0.15) is 27.7 Å². The number of hydrogen-bond donors (Lipinski definition) is 0. The molecule has 0 spiro atoms. The van der Waals surface area contributed by atoms with Crippen LogP contribution in [0.5, 0.6) is 0 Å². The summed E-state index contributed by atoms with van der Waals surface area (Å²) in [7, 11) is 0. The zero-order chi connectivity index (χ0) is 12.6. The Balaban J connectivity index is 2.74. The Morgan fingerprint density at radius 2 is 2.12 bits per heavy atom. The molecule has 0 aliphatic rings. The molecule has 17 heavy (non-hydrogen) atoms. The number of hydrogen-bond acceptors (Lipinski definition) is 3. The van der Waals surface area contributed by atoms with Gasteiger partial charge in [0.05, 0.1) is 5.69 Å². The molecule has 1 aromatic carbocycles. The van der Waals surface area contributed by atoms with Crippen molar-refractivity contribution in [3.63, 3.8) is 0 Å². The molecule has 1 heterocycles. The highest BCUT2D eigenvalue weighted by atomic mass is 35.5. The van der Waals surface area contributed by atoms with Crippen molar-refractivity contribution in [1.82, 2.24) is 4.57 Å². The maximum Gasteiger partial charge on any atom is 0.314 e. The molecule has 2 aromatic rings. The fourth-order valence-electron chi connectivity index (χ4n) is 1.29. The van der Waals surface area contributed by atoms with Crippen LogP contribution in [-0.2, 0) is 0 Å². The Labute approximate surface area is 103 Å². The maximum atomic E-state index is 13.5. The molecule has 3 nitrogen and oxygen atoms in total. The molecule has 0 unspecified atom stereocenters. The van der Waals surface area contributed by atoms with Crippen LogP contribution in [0.3, 0.4) is 0 Å². The van der Waals surface area contributed by atoms with Gasteiger partial charge in [0, 0.05) is 6.07 Å². The summed E-state index contributed by atoms with van der Waals surface area (Å²) in [6.07, 6.45) is 0. The fraction of sp³-hybridized carbons (Fsp3) is 0. The number of halogens is 3. The van der Waals surface area contributed by atoms with E-state index in [4.69, 9.17) is 16.9 Å². The highest BCUT2D eigenvalue weighted by molar-refractivity contribution is 7.10. The lowest BCUT2D eigenvalue weighted by Crippen LogP contribution is -2.12. The molecule has 0 N–H and O–H groups in total. The number of benzene rings is 1. The highest BCUT2D eigenvalue weighted by Crippen LogP contribution is 2.23. The van der Waals surface area contributed by atoms with E-state index in [0.717, 1.165) is 16.7 Å². The molecule has 0 aliphatic heterocycles. The number of nitriles is 1. The third-order valence-corrected chi connectivity index (χ3v) is 3.32. The van der Waals surface area contributed by atoms with E-state index in [1.807, 2.05) is 0 Å². The van der Waals surface area contributed by atoms with E-state index in [-0.39, 0.29) is 15.7 Å². The molecule has 0 atom stereocenters. The van der Waals surface area contributed by atoms with Gasteiger partial charge in [0.25, 0.3) is 0 Å². The normalized spacial score (nSPS) is 10.2. The third-order valence-electron chi connectivity index (χ3n) is 2.01. The second-order valence-electron chi connectivity index (χ2n) is 3.03. The van der Waals surface area contributed by atoms with Crippen molar-refractivity contribution in [3.05, 3.63) is 49.5 Å². The van der Waals surface area contributed by atoms with Crippen molar-refractivity contribution in [2.24, 2.45) is 0 Å². The average molecular weight is 273 g/mol. The van der Waals surface area contributed by atoms with Crippen molar-refractivity contribution in [2.75, 3.05) is 0 Å². The largest absolute Gasteiger partial charge is 0.314 e. The molecule has 86 valence electrons. The molecule has 0 aliphatic carbocycles. The molecular weight excluding hydrogens is 270 g/mol. The molecular formula is C10H3ClF2N2OS. The van der Waals surface area contributed by atoms with Crippen LogP contribution in [0.4, 0.5) is 8.78 Å². The summed E-state index contributed by atoms with van der Waals surface area (Å²) in [5.41, 5.74) is -0.181. The van der Waals surface area contributed by atoms with Crippen LogP contribution in [0.1, 0.15) is 4.88 Å². The molecule has 0 amide bonds. The van der Waals surface area contributed by atoms with Crippen molar-refractivity contribution in [2.45, 2.75) is 0 Å². The average Bonchev–Trinajstić information content (AvgIpc) is 2.55. The van der Waals surface area contributed by atoms with Gasteiger partial charge in [0.2, 0.25) is 0 Å². The zero-order valence-corrected chi connectivity index (χ0v) is 9.65. The van der Waals surface area contributed by atoms with Gasteiger partial charge in [-0.2, -0.15) is 5.26 Å². The van der Waals surface area contributed by atoms with E-state index < -0.39 is 16.5 Å². The van der Waals surface area contributed by atoms with E-state index in [1.54, 1.807) is 6.07 Å². The van der Waals surface area contributed by atoms with E-state index in [1.165, 1.54) is 0 Å². The lowest BCUT2D eigenvalue weighted by atomic mass is 10.3. The van der Waals surface area contributed by atoms with E-state index in [9.17, 15) is 13.6 Å². The lowest BCUT2D eigenvalue weighted by molar-refractivity contribution is 0.577. The molecule has 1 aromatic heterocycles. The van der Waals surface area contributed by atoms with Crippen molar-refractivity contribution < 1.29 is 8.78 Å². The summed E-state index contributed by atoms with van der Waals surface area (Å²) in [5, 5.41) is 8.51. The summed E-state index contributed by atoms with van der Waals surface area (Å²) in [6.45, 7) is 0. The predicted molar refractivity (Wildman–Crippen MR) is 59.6 cm³/mol. The van der Waals surface area contributed by atoms with Gasteiger partial charge in [-0.1, -0.05) is 22.9 Å². The van der Waals surface area contributed by atoms with Gasteiger partial charge >= 0.3 is 4.87 Å². The Morgan fingerprint density at radius 1 is 1.41 bits per heavy atom. The second kappa shape index (κ2) is 4.28. The SMILES string of the molecule is N#Cc1sc(=O)n(-c2ccc(F)cc2F)c1Cl. The second-order valence-corrected chi connectivity index (χ2v) is 4.35. The van der Waals surface area contributed by atoms with Gasteiger partial charge < -0.3 is 0 Å². The van der Waals surface area contributed by atoms with Crippen molar-refractivity contribution in [3.8, 4) is 11.8 Å². The first-order valence-corrected chi connectivity index (χ1v) is 5.51. The summed E-state index contributed by atoms with van der Waals surface area (Å²) in [4.78, 5) is 10.9. The minimum absolute atomic E-state index is 0.0135. The van der Waals surface area contributed by atoms with Crippen LogP contribution >= 0.6 is 22.9 Å². The van der Waals surface area contributed by atoms with Gasteiger partial charge in [-0.25, -0.2) is 8.78 Å². The Hall–Kier alpha value is -1.71. The van der Waals surface area contributed by atoms with Gasteiger partial charge in [0.15, 0.2) is 0 Å². The molecule has 2 rings (SSSR count). The van der Waals surface area contributed by atoms with Crippen LogP contribution in [0, 0.1) is 23.0 Å². The summed E-state index contributed by atoms with van der Waals surface area (Å²) >= 11 is 6.37. The predicted octanol–water partition coefficient (Wildman–Crippen LogP) is 2.70. The Morgan fingerprint density at radius 3 is 2.65 bits per heavy atom. The molecule has 7 heteroatoms. The Kier molecular flexibility index (Phi) is 2.96. The quantitative estimate of drug-likeness (QED) is 0.801. The number of rotatable bonds is 1. The first kappa shape index (κ1) is 11.8. The summed E-state index contributed by atoms with van der Waals surface area (Å²) in [5.74, 6) is -1.68. The third kappa shape index (κ3) is 1.95. The maximum absolute atomic E-state index is 13.5. The minimum Gasteiger partial charge on any atom is -0.256 e. The first-order chi connectivity index (χ1) is 8.04. The smallest absolute Gasteiger partial charge is 0.256 e. The minimum atomic E-state index is -0.920. The van der Waals surface area contributed by atoms with Crippen LogP contribution in [0.2, 0.25) is 5.15 Å². The standard InChI is InChI=1S/C10H3ClF2N2OS/c11-9-8(4-14)17-10(16)15(9)7-2-1-5(12)3-6(7)13/h1-3H. The van der Waals surface area contributed by atoms with Gasteiger partial charge in [-0.3, -0.25) is 9.36 Å². The lowest BCUT2D eigenvalue weighted by Gasteiger charge is -2.04. The number of aromatic nitrogens is 1. The van der Waals surface area contributed by atoms with E-state index in [2.05, 4.69) is 0 Å². The summed E-state index contributed by atoms with van der Waals surface area (Å²) < 4.78 is 27.0. The van der Waals surface area contributed by atoms with Crippen molar-refractivity contribution in [1.29, 1.82) is 5.26 Å². The van der Waals surface area contributed by atoms with Gasteiger partial charge in [-0.15, -0.1) is 0 Å². The monoisotopic (exact) mass is 272 g/mol. The molecule has 0 bridgehead atoms. The molecule has 0 radical (unpaired) electrons.